The summed E-state index contributed by atoms with van der Waals surface area (Å²) in [7, 11) is -3.35. The lowest BCUT2D eigenvalue weighted by Gasteiger charge is -2.31. The second kappa shape index (κ2) is 10.1. The Kier molecular flexibility index (Phi) is 7.36. The number of carboxylic acids is 1. The molecule has 1 aromatic heterocycles. The van der Waals surface area contributed by atoms with Gasteiger partial charge in [-0.1, -0.05) is 0 Å². The predicted molar refractivity (Wildman–Crippen MR) is 123 cm³/mol. The van der Waals surface area contributed by atoms with Crippen molar-refractivity contribution in [1.82, 2.24) is 4.90 Å². The number of furan rings is 1. The summed E-state index contributed by atoms with van der Waals surface area (Å²) in [4.78, 5) is 35.8. The van der Waals surface area contributed by atoms with Crippen molar-refractivity contribution in [1.29, 1.82) is 5.26 Å². The number of aliphatic carboxylic acids is 1. The van der Waals surface area contributed by atoms with E-state index in [2.05, 4.69) is 0 Å². The quantitative estimate of drug-likeness (QED) is 0.500. The van der Waals surface area contributed by atoms with Gasteiger partial charge in [0.1, 0.15) is 29.0 Å². The summed E-state index contributed by atoms with van der Waals surface area (Å²) in [6, 6.07) is 9.99. The lowest BCUT2D eigenvalue weighted by Crippen LogP contribution is -2.49. The highest BCUT2D eigenvalue weighted by Gasteiger charge is 2.43. The number of benzene rings is 1. The standard InChI is InChI=1S/C22H17FN2O5S.C2H4O2/c1-13-18(10-17-6-7-20(30-17)14-2-4-15(23)5-3-14)21(26)25(22(27)19(13)11-24)16-8-9-31(28,29)12-16;1-2(3)4/h2-7,10,16H,8-9,12H2,1H3;1H3,(H,3,4). The van der Waals surface area contributed by atoms with Crippen LogP contribution in [0.15, 0.2) is 57.5 Å². The van der Waals surface area contributed by atoms with E-state index in [-0.39, 0.29) is 40.5 Å². The Morgan fingerprint density at radius 3 is 2.37 bits per heavy atom. The van der Waals surface area contributed by atoms with Crippen molar-refractivity contribution in [2.45, 2.75) is 26.3 Å². The molecule has 1 saturated heterocycles. The third-order valence-corrected chi connectivity index (χ3v) is 7.14. The van der Waals surface area contributed by atoms with Gasteiger partial charge in [0.15, 0.2) is 9.84 Å². The van der Waals surface area contributed by atoms with E-state index in [4.69, 9.17) is 14.3 Å². The van der Waals surface area contributed by atoms with Gasteiger partial charge in [-0.05, 0) is 61.4 Å². The molecule has 2 aliphatic heterocycles. The van der Waals surface area contributed by atoms with E-state index >= 15 is 0 Å². The largest absolute Gasteiger partial charge is 0.481 e. The Morgan fingerprint density at radius 1 is 1.20 bits per heavy atom. The monoisotopic (exact) mass is 500 g/mol. The Morgan fingerprint density at radius 2 is 1.83 bits per heavy atom. The number of amides is 2. The molecule has 1 fully saturated rings. The van der Waals surface area contributed by atoms with Crippen LogP contribution in [0.5, 0.6) is 0 Å². The van der Waals surface area contributed by atoms with Crippen LogP contribution in [0.1, 0.15) is 26.0 Å². The third-order valence-electron chi connectivity index (χ3n) is 5.39. The van der Waals surface area contributed by atoms with E-state index in [1.165, 1.54) is 25.1 Å². The fourth-order valence-electron chi connectivity index (χ4n) is 3.75. The number of hydrogen-bond donors (Lipinski definition) is 1. The van der Waals surface area contributed by atoms with Gasteiger partial charge < -0.3 is 9.52 Å². The van der Waals surface area contributed by atoms with E-state index in [1.807, 2.05) is 6.07 Å². The first-order valence-electron chi connectivity index (χ1n) is 10.4. The van der Waals surface area contributed by atoms with Gasteiger partial charge in [0, 0.05) is 18.1 Å². The molecule has 35 heavy (non-hydrogen) atoms. The number of rotatable bonds is 3. The average Bonchev–Trinajstić information content (AvgIpc) is 3.38. The normalized spacial score (nSPS) is 20.5. The van der Waals surface area contributed by atoms with Crippen LogP contribution >= 0.6 is 0 Å². The van der Waals surface area contributed by atoms with Crippen LogP contribution in [0.2, 0.25) is 0 Å². The second-order valence-corrected chi connectivity index (χ2v) is 10.2. The van der Waals surface area contributed by atoms with Crippen LogP contribution in [0, 0.1) is 17.1 Å². The maximum atomic E-state index is 13.1. The number of halogens is 1. The van der Waals surface area contributed by atoms with E-state index in [0.717, 1.165) is 11.8 Å². The summed E-state index contributed by atoms with van der Waals surface area (Å²) in [5.74, 6) is -2.34. The van der Waals surface area contributed by atoms with Gasteiger partial charge in [0.2, 0.25) is 0 Å². The van der Waals surface area contributed by atoms with Crippen molar-refractivity contribution in [2.75, 3.05) is 11.5 Å². The molecule has 2 amide bonds. The Balaban J connectivity index is 0.000000795. The Hall–Kier alpha value is -4.04. The molecule has 0 aliphatic carbocycles. The third kappa shape index (κ3) is 5.73. The Labute approximate surface area is 200 Å². The van der Waals surface area contributed by atoms with Gasteiger partial charge in [0.05, 0.1) is 17.5 Å². The first-order chi connectivity index (χ1) is 16.4. The van der Waals surface area contributed by atoms with Crippen molar-refractivity contribution >= 4 is 33.7 Å². The van der Waals surface area contributed by atoms with Gasteiger partial charge in [-0.2, -0.15) is 5.26 Å². The molecule has 182 valence electrons. The van der Waals surface area contributed by atoms with Gasteiger partial charge in [0.25, 0.3) is 17.8 Å². The van der Waals surface area contributed by atoms with Crippen LogP contribution in [-0.4, -0.2) is 53.8 Å². The number of carboxylic acid groups (broad SMARTS) is 1. The first-order valence-corrected chi connectivity index (χ1v) is 12.2. The lowest BCUT2D eigenvalue weighted by molar-refractivity contribution is -0.142. The lowest BCUT2D eigenvalue weighted by atomic mass is 9.93. The first kappa shape index (κ1) is 25.6. The van der Waals surface area contributed by atoms with Gasteiger partial charge >= 0.3 is 0 Å². The summed E-state index contributed by atoms with van der Waals surface area (Å²) in [5, 5.41) is 16.9. The molecule has 0 bridgehead atoms. The number of hydrogen-bond acceptors (Lipinski definition) is 7. The predicted octanol–water partition coefficient (Wildman–Crippen LogP) is 2.96. The van der Waals surface area contributed by atoms with E-state index in [9.17, 15) is 27.7 Å². The maximum absolute atomic E-state index is 13.1. The number of carbonyl (C=O) groups is 3. The molecule has 2 aromatic rings. The Bertz CT molecular complexity index is 1390. The van der Waals surface area contributed by atoms with Crippen molar-refractivity contribution in [3.63, 3.8) is 0 Å². The molecule has 4 rings (SSSR count). The topological polar surface area (TPSA) is 146 Å². The molecule has 2 aliphatic rings. The molecule has 0 radical (unpaired) electrons. The number of nitriles is 1. The van der Waals surface area contributed by atoms with Crippen molar-refractivity contribution in [3.05, 3.63) is 64.7 Å². The molecule has 1 N–H and O–H groups in total. The highest BCUT2D eigenvalue weighted by molar-refractivity contribution is 7.91. The molecular weight excluding hydrogens is 479 g/mol. The maximum Gasteiger partial charge on any atom is 0.300 e. The molecule has 0 saturated carbocycles. The fraction of sp³-hybridized carbons (Fsp3) is 0.250. The number of carbonyl (C=O) groups excluding carboxylic acids is 2. The number of imide groups is 1. The van der Waals surface area contributed by atoms with Gasteiger partial charge in [-0.15, -0.1) is 0 Å². The highest BCUT2D eigenvalue weighted by Crippen LogP contribution is 2.32. The molecule has 1 aromatic carbocycles. The zero-order valence-electron chi connectivity index (χ0n) is 18.8. The van der Waals surface area contributed by atoms with E-state index < -0.39 is 33.7 Å². The zero-order valence-corrected chi connectivity index (χ0v) is 19.6. The summed E-state index contributed by atoms with van der Waals surface area (Å²) in [6.45, 7) is 2.58. The number of nitrogens with zero attached hydrogens (tertiary/aromatic N) is 2. The summed E-state index contributed by atoms with van der Waals surface area (Å²) in [6.07, 6.45) is 1.56. The van der Waals surface area contributed by atoms with Crippen molar-refractivity contribution in [3.8, 4) is 17.4 Å². The molecule has 9 nitrogen and oxygen atoms in total. The highest BCUT2D eigenvalue weighted by atomic mass is 32.2. The average molecular weight is 501 g/mol. The summed E-state index contributed by atoms with van der Waals surface area (Å²) < 4.78 is 42.6. The minimum atomic E-state index is -3.35. The van der Waals surface area contributed by atoms with Crippen LogP contribution in [-0.2, 0) is 24.2 Å². The SMILES string of the molecule is CC(=O)O.CC1=C(C#N)C(=O)N(C2CCS(=O)(=O)C2)C(=O)C1=Cc1ccc(-c2ccc(F)cc2)o1. The minimum Gasteiger partial charge on any atom is -0.481 e. The summed E-state index contributed by atoms with van der Waals surface area (Å²) >= 11 is 0. The van der Waals surface area contributed by atoms with Crippen LogP contribution < -0.4 is 0 Å². The second-order valence-electron chi connectivity index (χ2n) is 7.93. The van der Waals surface area contributed by atoms with Crippen LogP contribution in [0.25, 0.3) is 17.4 Å². The summed E-state index contributed by atoms with van der Waals surface area (Å²) in [5.41, 5.74) is 0.717. The smallest absolute Gasteiger partial charge is 0.300 e. The van der Waals surface area contributed by atoms with E-state index in [0.29, 0.717) is 17.1 Å². The molecule has 11 heteroatoms. The molecule has 3 heterocycles. The van der Waals surface area contributed by atoms with E-state index in [1.54, 1.807) is 24.3 Å². The van der Waals surface area contributed by atoms with Crippen LogP contribution in [0.4, 0.5) is 4.39 Å². The van der Waals surface area contributed by atoms with Crippen molar-refractivity contribution in [2.24, 2.45) is 0 Å². The molecule has 1 atom stereocenters. The fourth-order valence-corrected chi connectivity index (χ4v) is 5.45. The number of sulfone groups is 1. The molecule has 0 spiro atoms. The van der Waals surface area contributed by atoms with Gasteiger partial charge in [-0.25, -0.2) is 12.8 Å². The zero-order chi connectivity index (χ0) is 25.9. The molecular formula is C24H21FN2O7S. The van der Waals surface area contributed by atoms with Gasteiger partial charge in [-0.3, -0.25) is 19.3 Å². The molecule has 1 unspecified atom stereocenters. The van der Waals surface area contributed by atoms with Crippen molar-refractivity contribution < 1.29 is 36.7 Å². The minimum absolute atomic E-state index is 0.0838. The van der Waals surface area contributed by atoms with Crippen LogP contribution in [0.3, 0.4) is 0 Å².